The normalized spacial score (nSPS) is 13.5. The number of ketones is 1. The van der Waals surface area contributed by atoms with Crippen LogP contribution in [0.4, 0.5) is 0 Å². The van der Waals surface area contributed by atoms with Gasteiger partial charge in [0.2, 0.25) is 0 Å². The number of aliphatic hydroxyl groups excluding tert-OH is 1. The highest BCUT2D eigenvalue weighted by Crippen LogP contribution is 2.38. The molecule has 0 radical (unpaired) electrons. The van der Waals surface area contributed by atoms with Gasteiger partial charge in [-0.25, -0.2) is 4.98 Å². The predicted octanol–water partition coefficient (Wildman–Crippen LogP) is 5.24. The molecule has 4 aromatic rings. The van der Waals surface area contributed by atoms with Crippen molar-refractivity contribution in [2.75, 3.05) is 13.2 Å². The Kier molecular flexibility index (Phi) is 8.75. The topological polar surface area (TPSA) is 93.4 Å². The van der Waals surface area contributed by atoms with Gasteiger partial charge < -0.3 is 19.7 Å². The number of aromatic nitrogens is 2. The van der Waals surface area contributed by atoms with Crippen molar-refractivity contribution in [3.8, 4) is 5.75 Å². The fraction of sp³-hybridized carbons (Fsp3) is 0.258. The number of carbonyl (C=O) groups excluding carboxylic acids is 2. The summed E-state index contributed by atoms with van der Waals surface area (Å²) in [6.07, 6.45) is 7.49. The van der Waals surface area contributed by atoms with Crippen LogP contribution in [0.2, 0.25) is 0 Å². The number of imidazole rings is 1. The average Bonchev–Trinajstić information content (AvgIpc) is 3.49. The summed E-state index contributed by atoms with van der Waals surface area (Å²) in [7, 11) is 0. The van der Waals surface area contributed by atoms with Gasteiger partial charge in [0, 0.05) is 52.7 Å². The Bertz CT molecular complexity index is 1410. The largest absolute Gasteiger partial charge is 0.484 e. The first-order valence-electron chi connectivity index (χ1n) is 13.1. The Labute approximate surface area is 232 Å². The van der Waals surface area contributed by atoms with Crippen molar-refractivity contribution in [1.82, 2.24) is 14.9 Å². The highest BCUT2D eigenvalue weighted by atomic mass is 32.2. The molecule has 1 aliphatic carbocycles. The van der Waals surface area contributed by atoms with E-state index in [-0.39, 0.29) is 30.9 Å². The lowest BCUT2D eigenvalue weighted by Gasteiger charge is -2.25. The first kappa shape index (κ1) is 26.7. The van der Waals surface area contributed by atoms with Crippen molar-refractivity contribution in [2.45, 2.75) is 42.6 Å². The first-order chi connectivity index (χ1) is 19.1. The lowest BCUT2D eigenvalue weighted by Crippen LogP contribution is -2.26. The standard InChI is InChI=1S/C31H31N3O4S/c35-18-16-33-31(37)23-9-11-24(12-10-23)39-20-27-25-7-4-8-28(36)26(25)13-14-29(27)38-30(19-34-17-15-32-21-34)22-5-2-1-3-6-22/h1-3,5-6,9-15,17,21,30,35H,4,7-8,16,18-20H2,(H,33,37)/t30-/m1/s1. The molecule has 0 unspecified atom stereocenters. The van der Waals surface area contributed by atoms with Gasteiger partial charge in [0.1, 0.15) is 11.9 Å². The van der Waals surface area contributed by atoms with Gasteiger partial charge in [-0.2, -0.15) is 0 Å². The van der Waals surface area contributed by atoms with Gasteiger partial charge in [0.05, 0.1) is 19.5 Å². The van der Waals surface area contributed by atoms with E-state index in [1.54, 1.807) is 36.4 Å². The maximum absolute atomic E-state index is 12.7. The van der Waals surface area contributed by atoms with Crippen molar-refractivity contribution >= 4 is 23.5 Å². The second-order valence-corrected chi connectivity index (χ2v) is 10.5. The highest BCUT2D eigenvalue weighted by molar-refractivity contribution is 7.98. The van der Waals surface area contributed by atoms with E-state index in [9.17, 15) is 9.59 Å². The molecule has 39 heavy (non-hydrogen) atoms. The Morgan fingerprint density at radius 2 is 1.90 bits per heavy atom. The number of rotatable bonds is 11. The van der Waals surface area contributed by atoms with Crippen LogP contribution in [-0.2, 0) is 18.7 Å². The van der Waals surface area contributed by atoms with E-state index in [4.69, 9.17) is 9.84 Å². The fourth-order valence-corrected chi connectivity index (χ4v) is 5.75. The molecule has 1 atom stereocenters. The summed E-state index contributed by atoms with van der Waals surface area (Å²) in [5.74, 6) is 1.39. The van der Waals surface area contributed by atoms with E-state index in [1.165, 1.54) is 0 Å². The first-order valence-corrected chi connectivity index (χ1v) is 14.1. The molecule has 0 bridgehead atoms. The van der Waals surface area contributed by atoms with E-state index >= 15 is 0 Å². The van der Waals surface area contributed by atoms with E-state index in [0.29, 0.717) is 24.3 Å². The minimum absolute atomic E-state index is 0.0958. The predicted molar refractivity (Wildman–Crippen MR) is 151 cm³/mol. The third kappa shape index (κ3) is 6.58. The quantitative estimate of drug-likeness (QED) is 0.252. The molecule has 5 rings (SSSR count). The fourth-order valence-electron chi connectivity index (χ4n) is 4.79. The number of nitrogens with zero attached hydrogens (tertiary/aromatic N) is 2. The summed E-state index contributed by atoms with van der Waals surface area (Å²) < 4.78 is 8.74. The molecule has 0 spiro atoms. The smallest absolute Gasteiger partial charge is 0.251 e. The number of aliphatic hydroxyl groups is 1. The van der Waals surface area contributed by atoms with Gasteiger partial charge in [0.25, 0.3) is 5.91 Å². The number of Topliss-reactive ketones (excluding diaryl/α,β-unsaturated/α-hetero) is 1. The summed E-state index contributed by atoms with van der Waals surface area (Å²) in [6.45, 7) is 0.731. The maximum Gasteiger partial charge on any atom is 0.251 e. The number of fused-ring (bicyclic) bond motifs is 1. The van der Waals surface area contributed by atoms with Crippen LogP contribution in [0, 0.1) is 0 Å². The van der Waals surface area contributed by atoms with Gasteiger partial charge in [-0.3, -0.25) is 9.59 Å². The van der Waals surface area contributed by atoms with Crippen LogP contribution in [0.25, 0.3) is 0 Å². The maximum atomic E-state index is 12.7. The van der Waals surface area contributed by atoms with E-state index < -0.39 is 0 Å². The Morgan fingerprint density at radius 3 is 2.64 bits per heavy atom. The number of thioether (sulfide) groups is 1. The summed E-state index contributed by atoms with van der Waals surface area (Å²) in [5.41, 5.74) is 4.52. The van der Waals surface area contributed by atoms with Gasteiger partial charge in [-0.15, -0.1) is 11.8 Å². The van der Waals surface area contributed by atoms with Crippen LogP contribution in [-0.4, -0.2) is 39.5 Å². The van der Waals surface area contributed by atoms with Gasteiger partial charge in [-0.05, 0) is 60.4 Å². The van der Waals surface area contributed by atoms with Crippen molar-refractivity contribution in [3.63, 3.8) is 0 Å². The lowest BCUT2D eigenvalue weighted by molar-refractivity contribution is 0.0942. The van der Waals surface area contributed by atoms with Crippen molar-refractivity contribution < 1.29 is 19.4 Å². The Hall–Kier alpha value is -3.88. The molecule has 7 nitrogen and oxygen atoms in total. The molecule has 2 N–H and O–H groups in total. The molecule has 1 amide bonds. The zero-order valence-corrected chi connectivity index (χ0v) is 22.4. The second-order valence-electron chi connectivity index (χ2n) is 9.41. The molecule has 200 valence electrons. The van der Waals surface area contributed by atoms with E-state index in [0.717, 1.165) is 45.7 Å². The monoisotopic (exact) mass is 541 g/mol. The molecule has 1 aliphatic rings. The third-order valence-corrected chi connectivity index (χ3v) is 7.83. The van der Waals surface area contributed by atoms with Crippen LogP contribution in [0.1, 0.15) is 56.4 Å². The molecule has 1 aromatic heterocycles. The summed E-state index contributed by atoms with van der Waals surface area (Å²) in [5, 5.41) is 11.6. The van der Waals surface area contributed by atoms with E-state index in [1.807, 2.05) is 53.2 Å². The highest BCUT2D eigenvalue weighted by Gasteiger charge is 2.24. The van der Waals surface area contributed by atoms with Gasteiger partial charge in [-0.1, -0.05) is 30.3 Å². The van der Waals surface area contributed by atoms with Gasteiger partial charge >= 0.3 is 0 Å². The zero-order valence-electron chi connectivity index (χ0n) is 21.6. The molecule has 8 heteroatoms. The van der Waals surface area contributed by atoms with Crippen molar-refractivity contribution in [3.05, 3.63) is 113 Å². The second kappa shape index (κ2) is 12.8. The van der Waals surface area contributed by atoms with Crippen molar-refractivity contribution in [1.29, 1.82) is 0 Å². The molecular weight excluding hydrogens is 510 g/mol. The van der Waals surface area contributed by atoms with Gasteiger partial charge in [0.15, 0.2) is 5.78 Å². The zero-order chi connectivity index (χ0) is 27.0. The van der Waals surface area contributed by atoms with Crippen LogP contribution in [0.3, 0.4) is 0 Å². The average molecular weight is 542 g/mol. The molecule has 1 heterocycles. The SMILES string of the molecule is O=C(NCCO)c1ccc(SCc2c(O[C@H](Cn3ccnc3)c3ccccc3)ccc3c2CCCC3=O)cc1. The molecular formula is C31H31N3O4S. The number of nitrogens with one attached hydrogen (secondary N) is 1. The molecule has 0 fully saturated rings. The van der Waals surface area contributed by atoms with Crippen LogP contribution in [0.15, 0.2) is 90.3 Å². The number of ether oxygens (including phenoxy) is 1. The van der Waals surface area contributed by atoms with Crippen LogP contribution in [0.5, 0.6) is 5.75 Å². The third-order valence-electron chi connectivity index (χ3n) is 6.79. The number of hydrogen-bond donors (Lipinski definition) is 2. The molecule has 0 saturated carbocycles. The molecule has 3 aromatic carbocycles. The molecule has 0 saturated heterocycles. The molecule has 0 aliphatic heterocycles. The summed E-state index contributed by atoms with van der Waals surface area (Å²) in [4.78, 5) is 30.1. The summed E-state index contributed by atoms with van der Waals surface area (Å²) in [6, 6.07) is 21.4. The summed E-state index contributed by atoms with van der Waals surface area (Å²) >= 11 is 1.65. The minimum Gasteiger partial charge on any atom is -0.484 e. The Balaban J connectivity index is 1.42. The van der Waals surface area contributed by atoms with Crippen LogP contribution >= 0.6 is 11.8 Å². The number of amides is 1. The number of hydrogen-bond acceptors (Lipinski definition) is 6. The lowest BCUT2D eigenvalue weighted by atomic mass is 9.87. The number of carbonyl (C=O) groups is 2. The van der Waals surface area contributed by atoms with Crippen molar-refractivity contribution in [2.24, 2.45) is 0 Å². The minimum atomic E-state index is -0.238. The number of benzene rings is 3. The van der Waals surface area contributed by atoms with Crippen LogP contribution < -0.4 is 10.1 Å². The Morgan fingerprint density at radius 1 is 1.08 bits per heavy atom. The van der Waals surface area contributed by atoms with E-state index in [2.05, 4.69) is 22.4 Å².